The average Bonchev–Trinajstić information content (AvgIpc) is 2.57. The predicted octanol–water partition coefficient (Wildman–Crippen LogP) is 4.28. The fourth-order valence-electron chi connectivity index (χ4n) is 2.36. The first kappa shape index (κ1) is 18.5. The summed E-state index contributed by atoms with van der Waals surface area (Å²) in [6, 6.07) is 13.5. The highest BCUT2D eigenvalue weighted by Gasteiger charge is 2.14. The molecule has 2 rings (SSSR count). The Balaban J connectivity index is 2.18. The summed E-state index contributed by atoms with van der Waals surface area (Å²) in [6.45, 7) is 0.504. The van der Waals surface area contributed by atoms with Gasteiger partial charge < -0.3 is 10.4 Å². The lowest BCUT2D eigenvalue weighted by Gasteiger charge is -2.12. The third-order valence-electron chi connectivity index (χ3n) is 3.55. The van der Waals surface area contributed by atoms with Crippen LogP contribution in [0, 0.1) is 0 Å². The Bertz CT molecular complexity index is 632. The summed E-state index contributed by atoms with van der Waals surface area (Å²) >= 11 is 4.56. The summed E-state index contributed by atoms with van der Waals surface area (Å²) in [7, 11) is 0. The number of nitrogens with one attached hydrogen (secondary N) is 1. The van der Waals surface area contributed by atoms with E-state index in [0.29, 0.717) is 17.9 Å². The Morgan fingerprint density at radius 2 is 1.57 bits per heavy atom. The molecule has 0 aromatic heterocycles. The topological polar surface area (TPSA) is 49.3 Å². The van der Waals surface area contributed by atoms with Crippen molar-refractivity contribution in [2.45, 2.75) is 19.4 Å². The van der Waals surface area contributed by atoms with Gasteiger partial charge in [0, 0.05) is 21.0 Å². The van der Waals surface area contributed by atoms with Crippen molar-refractivity contribution in [3.63, 3.8) is 0 Å². The molecule has 0 aliphatic heterocycles. The summed E-state index contributed by atoms with van der Waals surface area (Å²) in [5.41, 5.74) is 3.40. The minimum Gasteiger partial charge on any atom is -0.507 e. The van der Waals surface area contributed by atoms with E-state index in [1.807, 2.05) is 42.5 Å². The van der Waals surface area contributed by atoms with Gasteiger partial charge in [-0.2, -0.15) is 0 Å². The minimum atomic E-state index is -0.0988. The van der Waals surface area contributed by atoms with E-state index in [2.05, 4.69) is 50.5 Å². The van der Waals surface area contributed by atoms with Gasteiger partial charge in [0.15, 0.2) is 0 Å². The molecule has 5 heteroatoms. The van der Waals surface area contributed by atoms with Crippen LogP contribution in [-0.4, -0.2) is 19.9 Å². The van der Waals surface area contributed by atoms with E-state index < -0.39 is 0 Å². The maximum atomic E-state index is 12.4. The van der Waals surface area contributed by atoms with Crippen molar-refractivity contribution in [3.8, 4) is 5.75 Å². The van der Waals surface area contributed by atoms with E-state index in [-0.39, 0.29) is 5.91 Å². The number of amides is 1. The molecule has 2 aromatic rings. The molecule has 2 aromatic carbocycles. The molecular formula is C18H19I2NO2. The molecule has 0 saturated heterocycles. The second kappa shape index (κ2) is 9.46. The second-order valence-corrected chi connectivity index (χ2v) is 7.35. The van der Waals surface area contributed by atoms with Gasteiger partial charge in [0.1, 0.15) is 5.75 Å². The number of carbonyl (C=O) groups excluding carboxylic acids is 1. The maximum absolute atomic E-state index is 12.4. The van der Waals surface area contributed by atoms with Gasteiger partial charge in [-0.15, -0.1) is 0 Å². The Kier molecular flexibility index (Phi) is 7.61. The molecule has 23 heavy (non-hydrogen) atoms. The van der Waals surface area contributed by atoms with Crippen molar-refractivity contribution >= 4 is 51.1 Å². The molecule has 0 aliphatic rings. The summed E-state index contributed by atoms with van der Waals surface area (Å²) in [5, 5.41) is 13.3. The Labute approximate surface area is 164 Å². The fraction of sp³-hybridized carbons (Fsp3) is 0.278. The number of phenols is 1. The van der Waals surface area contributed by atoms with Gasteiger partial charge in [0.2, 0.25) is 0 Å². The van der Waals surface area contributed by atoms with Crippen molar-refractivity contribution in [3.05, 3.63) is 64.7 Å². The first-order valence-electron chi connectivity index (χ1n) is 7.44. The summed E-state index contributed by atoms with van der Waals surface area (Å²) < 4.78 is 1.81. The molecule has 0 aliphatic carbocycles. The zero-order valence-electron chi connectivity index (χ0n) is 12.7. The standard InChI is InChI=1S/C18H19I2NO2/c19-8-6-14-10-16(11-15(7-9-20)17(14)22)18(23)21-12-13-4-2-1-3-5-13/h1-5,10-11,22H,6-9,12H2,(H,21,23). The van der Waals surface area contributed by atoms with Crippen molar-refractivity contribution < 1.29 is 9.90 Å². The molecule has 0 spiro atoms. The number of carbonyl (C=O) groups is 1. The molecule has 0 atom stereocenters. The number of rotatable bonds is 7. The van der Waals surface area contributed by atoms with Gasteiger partial charge in [-0.1, -0.05) is 75.5 Å². The lowest BCUT2D eigenvalue weighted by atomic mass is 10.00. The molecule has 122 valence electrons. The SMILES string of the molecule is O=C(NCc1ccccc1)c1cc(CCI)c(O)c(CCI)c1. The number of alkyl halides is 2. The third-order valence-corrected chi connectivity index (χ3v) is 4.63. The van der Waals surface area contributed by atoms with Crippen molar-refractivity contribution in [1.82, 2.24) is 5.32 Å². The van der Waals surface area contributed by atoms with Crippen LogP contribution in [-0.2, 0) is 19.4 Å². The second-order valence-electron chi connectivity index (χ2n) is 5.19. The van der Waals surface area contributed by atoms with Crippen molar-refractivity contribution in [2.24, 2.45) is 0 Å². The van der Waals surface area contributed by atoms with Crippen LogP contribution in [0.3, 0.4) is 0 Å². The number of halogens is 2. The Hall–Kier alpha value is -0.830. The lowest BCUT2D eigenvalue weighted by molar-refractivity contribution is 0.0950. The third kappa shape index (κ3) is 5.34. The summed E-state index contributed by atoms with van der Waals surface area (Å²) in [6.07, 6.45) is 1.53. The molecule has 0 bridgehead atoms. The smallest absolute Gasteiger partial charge is 0.251 e. The van der Waals surface area contributed by atoms with Crippen LogP contribution in [0.15, 0.2) is 42.5 Å². The largest absolute Gasteiger partial charge is 0.507 e. The van der Waals surface area contributed by atoms with Crippen LogP contribution in [0.4, 0.5) is 0 Å². The number of aromatic hydroxyl groups is 1. The van der Waals surface area contributed by atoms with Crippen LogP contribution in [0.1, 0.15) is 27.0 Å². The van der Waals surface area contributed by atoms with E-state index in [4.69, 9.17) is 0 Å². The number of hydrogen-bond donors (Lipinski definition) is 2. The molecular weight excluding hydrogens is 516 g/mol. The highest BCUT2D eigenvalue weighted by molar-refractivity contribution is 14.1. The number of phenolic OH excluding ortho intramolecular Hbond substituents is 1. The van der Waals surface area contributed by atoms with Gasteiger partial charge in [-0.3, -0.25) is 4.79 Å². The number of aryl methyl sites for hydroxylation is 2. The molecule has 1 amide bonds. The molecule has 0 saturated carbocycles. The zero-order valence-corrected chi connectivity index (χ0v) is 17.0. The summed E-state index contributed by atoms with van der Waals surface area (Å²) in [5.74, 6) is 0.246. The van der Waals surface area contributed by atoms with E-state index >= 15 is 0 Å². The normalized spacial score (nSPS) is 10.5. The molecule has 0 radical (unpaired) electrons. The van der Waals surface area contributed by atoms with E-state index in [9.17, 15) is 9.90 Å². The van der Waals surface area contributed by atoms with Crippen LogP contribution in [0.5, 0.6) is 5.75 Å². The quantitative estimate of drug-likeness (QED) is 0.411. The van der Waals surface area contributed by atoms with E-state index in [1.165, 1.54) is 0 Å². The molecule has 3 nitrogen and oxygen atoms in total. The van der Waals surface area contributed by atoms with Gasteiger partial charge in [-0.05, 0) is 41.7 Å². The van der Waals surface area contributed by atoms with Crippen LogP contribution in [0.2, 0.25) is 0 Å². The van der Waals surface area contributed by atoms with Crippen molar-refractivity contribution in [2.75, 3.05) is 8.86 Å². The highest BCUT2D eigenvalue weighted by Crippen LogP contribution is 2.27. The lowest BCUT2D eigenvalue weighted by Crippen LogP contribution is -2.23. The van der Waals surface area contributed by atoms with Gasteiger partial charge in [-0.25, -0.2) is 0 Å². The van der Waals surface area contributed by atoms with Gasteiger partial charge in [0.25, 0.3) is 5.91 Å². The first-order chi connectivity index (χ1) is 11.2. The van der Waals surface area contributed by atoms with Crippen LogP contribution in [0.25, 0.3) is 0 Å². The van der Waals surface area contributed by atoms with Crippen molar-refractivity contribution in [1.29, 1.82) is 0 Å². The van der Waals surface area contributed by atoms with Crippen LogP contribution >= 0.6 is 45.2 Å². The molecule has 2 N–H and O–H groups in total. The average molecular weight is 535 g/mol. The zero-order chi connectivity index (χ0) is 16.7. The number of benzene rings is 2. The summed E-state index contributed by atoms with van der Waals surface area (Å²) in [4.78, 5) is 12.4. The number of hydrogen-bond acceptors (Lipinski definition) is 2. The minimum absolute atomic E-state index is 0.0988. The molecule has 0 unspecified atom stereocenters. The van der Waals surface area contributed by atoms with E-state index in [1.54, 1.807) is 0 Å². The molecule has 0 fully saturated rings. The maximum Gasteiger partial charge on any atom is 0.251 e. The Morgan fingerprint density at radius 3 is 2.09 bits per heavy atom. The molecule has 0 heterocycles. The van der Waals surface area contributed by atoms with Crippen LogP contribution < -0.4 is 5.32 Å². The van der Waals surface area contributed by atoms with Gasteiger partial charge >= 0.3 is 0 Å². The Morgan fingerprint density at radius 1 is 1.00 bits per heavy atom. The monoisotopic (exact) mass is 535 g/mol. The van der Waals surface area contributed by atoms with E-state index in [0.717, 1.165) is 38.4 Å². The van der Waals surface area contributed by atoms with Gasteiger partial charge in [0.05, 0.1) is 0 Å². The highest BCUT2D eigenvalue weighted by atomic mass is 127. The first-order valence-corrected chi connectivity index (χ1v) is 10.5. The fourth-order valence-corrected chi connectivity index (χ4v) is 3.52. The predicted molar refractivity (Wildman–Crippen MR) is 111 cm³/mol.